The van der Waals surface area contributed by atoms with E-state index in [2.05, 4.69) is 0 Å². The Morgan fingerprint density at radius 2 is 2.11 bits per heavy atom. The Morgan fingerprint density at radius 1 is 1.42 bits per heavy atom. The van der Waals surface area contributed by atoms with Crippen molar-refractivity contribution in [3.63, 3.8) is 0 Å². The number of nitrogens with zero attached hydrogens (tertiary/aromatic N) is 2. The number of para-hydroxylation sites is 1. The van der Waals surface area contributed by atoms with E-state index in [-0.39, 0.29) is 17.9 Å². The van der Waals surface area contributed by atoms with E-state index in [0.717, 1.165) is 18.7 Å². The van der Waals surface area contributed by atoms with Gasteiger partial charge in [-0.05, 0) is 24.5 Å². The van der Waals surface area contributed by atoms with Crippen molar-refractivity contribution in [1.29, 1.82) is 0 Å². The molecule has 1 aromatic rings. The van der Waals surface area contributed by atoms with Gasteiger partial charge >= 0.3 is 0 Å². The predicted octanol–water partition coefficient (Wildman–Crippen LogP) is 1.35. The molecule has 0 saturated carbocycles. The van der Waals surface area contributed by atoms with Crippen molar-refractivity contribution in [3.05, 3.63) is 30.3 Å². The summed E-state index contributed by atoms with van der Waals surface area (Å²) in [5.74, 6) is 0.369. The summed E-state index contributed by atoms with van der Waals surface area (Å²) in [6.45, 7) is 3.59. The Kier molecular flexibility index (Phi) is 4.43. The van der Waals surface area contributed by atoms with Gasteiger partial charge in [0.25, 0.3) is 0 Å². The summed E-state index contributed by atoms with van der Waals surface area (Å²) in [4.78, 5) is 15.9. The number of hydrogen-bond acceptors (Lipinski definition) is 3. The van der Waals surface area contributed by atoms with E-state index in [1.807, 2.05) is 49.2 Å². The molecule has 1 aliphatic heterocycles. The number of β-amino-alcohol motifs (C(OH)–C–C–N with tert-alkyl or cyclic N) is 1. The lowest BCUT2D eigenvalue weighted by atomic mass is 9.96. The maximum Gasteiger partial charge on any atom is 0.242 e. The average Bonchev–Trinajstić information content (AvgIpc) is 2.42. The zero-order valence-electron chi connectivity index (χ0n) is 11.6. The number of likely N-dealkylation sites (N-methyl/N-ethyl adjacent to an activating group) is 1. The van der Waals surface area contributed by atoms with Crippen molar-refractivity contribution in [2.45, 2.75) is 19.4 Å². The third kappa shape index (κ3) is 3.47. The van der Waals surface area contributed by atoms with E-state index in [1.54, 1.807) is 4.90 Å². The Balaban J connectivity index is 1.91. The Labute approximate surface area is 114 Å². The number of carbonyl (C=O) groups excluding carboxylic acids is 1. The van der Waals surface area contributed by atoms with E-state index in [9.17, 15) is 9.90 Å². The number of rotatable bonds is 3. The lowest BCUT2D eigenvalue weighted by Gasteiger charge is -2.35. The molecule has 4 heteroatoms. The van der Waals surface area contributed by atoms with Crippen LogP contribution in [0.2, 0.25) is 0 Å². The van der Waals surface area contributed by atoms with Gasteiger partial charge in [0.2, 0.25) is 5.91 Å². The molecule has 4 nitrogen and oxygen atoms in total. The van der Waals surface area contributed by atoms with E-state index in [0.29, 0.717) is 13.1 Å². The molecule has 0 aromatic heterocycles. The number of piperidine rings is 1. The molecular formula is C15H22N2O2. The number of aliphatic hydroxyl groups is 1. The molecule has 2 unspecified atom stereocenters. The van der Waals surface area contributed by atoms with Gasteiger partial charge in [-0.2, -0.15) is 0 Å². The standard InChI is InChI=1S/C15H22N2O2/c1-12-8-9-17(10-14(12)18)15(19)11-16(2)13-6-4-3-5-7-13/h3-7,12,14,18H,8-11H2,1-2H3. The van der Waals surface area contributed by atoms with Crippen molar-refractivity contribution < 1.29 is 9.90 Å². The van der Waals surface area contributed by atoms with Crippen LogP contribution < -0.4 is 4.90 Å². The third-order valence-corrected chi connectivity index (χ3v) is 3.84. The normalized spacial score (nSPS) is 23.2. The van der Waals surface area contributed by atoms with Gasteiger partial charge in [-0.1, -0.05) is 25.1 Å². The fourth-order valence-corrected chi connectivity index (χ4v) is 2.35. The molecule has 0 radical (unpaired) electrons. The number of hydrogen-bond donors (Lipinski definition) is 1. The highest BCUT2D eigenvalue weighted by atomic mass is 16.3. The number of aliphatic hydroxyl groups excluding tert-OH is 1. The summed E-state index contributed by atoms with van der Waals surface area (Å²) in [5.41, 5.74) is 1.03. The van der Waals surface area contributed by atoms with Crippen molar-refractivity contribution in [3.8, 4) is 0 Å². The minimum absolute atomic E-state index is 0.0808. The number of amides is 1. The largest absolute Gasteiger partial charge is 0.391 e. The molecule has 1 fully saturated rings. The van der Waals surface area contributed by atoms with E-state index in [4.69, 9.17) is 0 Å². The van der Waals surface area contributed by atoms with Gasteiger partial charge in [0.05, 0.1) is 12.6 Å². The molecule has 2 rings (SSSR count). The van der Waals surface area contributed by atoms with Crippen LogP contribution in [-0.4, -0.2) is 48.7 Å². The highest BCUT2D eigenvalue weighted by molar-refractivity contribution is 5.81. The van der Waals surface area contributed by atoms with E-state index < -0.39 is 0 Å². The van der Waals surface area contributed by atoms with Crippen LogP contribution in [0.1, 0.15) is 13.3 Å². The van der Waals surface area contributed by atoms with Crippen LogP contribution in [-0.2, 0) is 4.79 Å². The minimum atomic E-state index is -0.389. The van der Waals surface area contributed by atoms with Gasteiger partial charge in [-0.25, -0.2) is 0 Å². The van der Waals surface area contributed by atoms with Crippen LogP contribution in [0.3, 0.4) is 0 Å². The molecule has 1 saturated heterocycles. The monoisotopic (exact) mass is 262 g/mol. The molecular weight excluding hydrogens is 240 g/mol. The number of anilines is 1. The van der Waals surface area contributed by atoms with E-state index >= 15 is 0 Å². The van der Waals surface area contributed by atoms with Crippen LogP contribution in [0, 0.1) is 5.92 Å². The first-order valence-electron chi connectivity index (χ1n) is 6.80. The van der Waals surface area contributed by atoms with Gasteiger partial charge < -0.3 is 14.9 Å². The van der Waals surface area contributed by atoms with Crippen LogP contribution in [0.25, 0.3) is 0 Å². The summed E-state index contributed by atoms with van der Waals surface area (Å²) < 4.78 is 0. The zero-order valence-corrected chi connectivity index (χ0v) is 11.6. The van der Waals surface area contributed by atoms with Crippen molar-refractivity contribution >= 4 is 11.6 Å². The predicted molar refractivity (Wildman–Crippen MR) is 76.1 cm³/mol. The van der Waals surface area contributed by atoms with Crippen molar-refractivity contribution in [2.24, 2.45) is 5.92 Å². The average molecular weight is 262 g/mol. The van der Waals surface area contributed by atoms with Crippen LogP contribution in [0.15, 0.2) is 30.3 Å². The summed E-state index contributed by atoms with van der Waals surface area (Å²) >= 11 is 0. The Hall–Kier alpha value is -1.55. The van der Waals surface area contributed by atoms with Gasteiger partial charge in [-0.3, -0.25) is 4.79 Å². The Morgan fingerprint density at radius 3 is 2.74 bits per heavy atom. The lowest BCUT2D eigenvalue weighted by Crippen LogP contribution is -2.48. The fraction of sp³-hybridized carbons (Fsp3) is 0.533. The number of benzene rings is 1. The second kappa shape index (κ2) is 6.06. The molecule has 1 N–H and O–H groups in total. The summed E-state index contributed by atoms with van der Waals surface area (Å²) in [5, 5.41) is 9.84. The SMILES string of the molecule is CC1CCN(C(=O)CN(C)c2ccccc2)CC1O. The molecule has 2 atom stereocenters. The molecule has 1 aromatic carbocycles. The minimum Gasteiger partial charge on any atom is -0.391 e. The first-order valence-corrected chi connectivity index (χ1v) is 6.80. The van der Waals surface area contributed by atoms with Crippen LogP contribution >= 0.6 is 0 Å². The second-order valence-corrected chi connectivity index (χ2v) is 5.36. The first kappa shape index (κ1) is 13.9. The molecule has 1 aliphatic rings. The first-order chi connectivity index (χ1) is 9.08. The van der Waals surface area contributed by atoms with Crippen LogP contribution in [0.4, 0.5) is 5.69 Å². The molecule has 19 heavy (non-hydrogen) atoms. The summed E-state index contributed by atoms with van der Waals surface area (Å²) in [7, 11) is 1.91. The second-order valence-electron chi connectivity index (χ2n) is 5.36. The molecule has 0 aliphatic carbocycles. The fourth-order valence-electron chi connectivity index (χ4n) is 2.35. The zero-order chi connectivity index (χ0) is 13.8. The van der Waals surface area contributed by atoms with Gasteiger partial charge in [0.1, 0.15) is 0 Å². The van der Waals surface area contributed by atoms with Crippen LogP contribution in [0.5, 0.6) is 0 Å². The summed E-state index contributed by atoms with van der Waals surface area (Å²) in [6.07, 6.45) is 0.488. The topological polar surface area (TPSA) is 43.8 Å². The molecule has 0 spiro atoms. The summed E-state index contributed by atoms with van der Waals surface area (Å²) in [6, 6.07) is 9.85. The molecule has 0 bridgehead atoms. The van der Waals surface area contributed by atoms with E-state index in [1.165, 1.54) is 0 Å². The molecule has 1 amide bonds. The third-order valence-electron chi connectivity index (χ3n) is 3.84. The Bertz CT molecular complexity index is 421. The lowest BCUT2D eigenvalue weighted by molar-refractivity contribution is -0.133. The van der Waals surface area contributed by atoms with Crippen molar-refractivity contribution in [1.82, 2.24) is 4.90 Å². The van der Waals surface area contributed by atoms with Gasteiger partial charge in [0.15, 0.2) is 0 Å². The van der Waals surface area contributed by atoms with Crippen molar-refractivity contribution in [2.75, 3.05) is 31.6 Å². The van der Waals surface area contributed by atoms with Gasteiger partial charge in [0, 0.05) is 25.8 Å². The maximum atomic E-state index is 12.2. The number of carbonyl (C=O) groups is 1. The quantitative estimate of drug-likeness (QED) is 0.894. The number of likely N-dealkylation sites (tertiary alicyclic amines) is 1. The molecule has 1 heterocycles. The highest BCUT2D eigenvalue weighted by Crippen LogP contribution is 2.18. The molecule has 104 valence electrons. The highest BCUT2D eigenvalue weighted by Gasteiger charge is 2.27. The smallest absolute Gasteiger partial charge is 0.242 e. The maximum absolute atomic E-state index is 12.2. The van der Waals surface area contributed by atoms with Gasteiger partial charge in [-0.15, -0.1) is 0 Å².